The van der Waals surface area contributed by atoms with Crippen LogP contribution < -0.4 is 0 Å². The van der Waals surface area contributed by atoms with Crippen molar-refractivity contribution in [2.45, 2.75) is 0 Å². The summed E-state index contributed by atoms with van der Waals surface area (Å²) in [4.78, 5) is 3.94. The van der Waals surface area contributed by atoms with Crippen molar-refractivity contribution < 1.29 is 0 Å². The molecule has 2 heterocycles. The predicted octanol–water partition coefficient (Wildman–Crippen LogP) is 1.99. The van der Waals surface area contributed by atoms with Crippen molar-refractivity contribution in [3.63, 3.8) is 0 Å². The first-order valence-electron chi connectivity index (χ1n) is 2.92. The Balaban J connectivity index is 2.86. The first kappa shape index (κ1) is 7.30. The summed E-state index contributed by atoms with van der Waals surface area (Å²) in [6.45, 7) is 0. The standard InChI is InChI=1S/C6H3ClIN3/c7-6-3-11-5(2-9-6)4(8)1-10-11/h1-3H. The summed E-state index contributed by atoms with van der Waals surface area (Å²) in [6, 6.07) is 0. The molecular formula is C6H3ClIN3. The average molecular weight is 279 g/mol. The number of hydrogen-bond acceptors (Lipinski definition) is 2. The van der Waals surface area contributed by atoms with Crippen molar-refractivity contribution in [3.8, 4) is 0 Å². The van der Waals surface area contributed by atoms with E-state index in [9.17, 15) is 0 Å². The van der Waals surface area contributed by atoms with E-state index >= 15 is 0 Å². The molecule has 0 aliphatic rings. The summed E-state index contributed by atoms with van der Waals surface area (Å²) < 4.78 is 2.78. The van der Waals surface area contributed by atoms with Gasteiger partial charge in [-0.3, -0.25) is 0 Å². The quantitative estimate of drug-likeness (QED) is 0.690. The highest BCUT2D eigenvalue weighted by atomic mass is 127. The molecule has 5 heteroatoms. The maximum Gasteiger partial charge on any atom is 0.147 e. The van der Waals surface area contributed by atoms with Crippen molar-refractivity contribution in [2.75, 3.05) is 0 Å². The molecule has 0 saturated heterocycles. The summed E-state index contributed by atoms with van der Waals surface area (Å²) in [5.41, 5.74) is 0.981. The van der Waals surface area contributed by atoms with E-state index in [1.54, 1.807) is 23.1 Å². The normalized spacial score (nSPS) is 10.7. The molecular weight excluding hydrogens is 276 g/mol. The van der Waals surface area contributed by atoms with Crippen LogP contribution in [0.3, 0.4) is 0 Å². The molecule has 11 heavy (non-hydrogen) atoms. The zero-order chi connectivity index (χ0) is 7.84. The highest BCUT2D eigenvalue weighted by Crippen LogP contribution is 2.13. The first-order valence-corrected chi connectivity index (χ1v) is 4.37. The molecule has 0 saturated carbocycles. The topological polar surface area (TPSA) is 30.2 Å². The van der Waals surface area contributed by atoms with Crippen LogP contribution in [0.5, 0.6) is 0 Å². The van der Waals surface area contributed by atoms with E-state index in [4.69, 9.17) is 11.6 Å². The molecule has 0 fully saturated rings. The Bertz CT molecular complexity index is 398. The van der Waals surface area contributed by atoms with E-state index in [0.29, 0.717) is 5.15 Å². The monoisotopic (exact) mass is 279 g/mol. The zero-order valence-corrected chi connectivity index (χ0v) is 8.24. The molecule has 0 spiro atoms. The van der Waals surface area contributed by atoms with Gasteiger partial charge in [-0.2, -0.15) is 5.10 Å². The first-order chi connectivity index (χ1) is 5.27. The van der Waals surface area contributed by atoms with Gasteiger partial charge in [0.15, 0.2) is 0 Å². The van der Waals surface area contributed by atoms with Crippen molar-refractivity contribution in [3.05, 3.63) is 27.3 Å². The minimum Gasteiger partial charge on any atom is -0.241 e. The Morgan fingerprint density at radius 1 is 1.45 bits per heavy atom. The number of halogens is 2. The minimum atomic E-state index is 0.456. The number of aromatic nitrogens is 3. The van der Waals surface area contributed by atoms with Crippen molar-refractivity contribution in [2.24, 2.45) is 0 Å². The van der Waals surface area contributed by atoms with Gasteiger partial charge >= 0.3 is 0 Å². The van der Waals surface area contributed by atoms with Gasteiger partial charge in [0.1, 0.15) is 5.15 Å². The van der Waals surface area contributed by atoms with Crippen molar-refractivity contribution in [1.82, 2.24) is 14.6 Å². The number of fused-ring (bicyclic) bond motifs is 1. The summed E-state index contributed by atoms with van der Waals surface area (Å²) in [5.74, 6) is 0. The van der Waals surface area contributed by atoms with Crippen LogP contribution in [-0.4, -0.2) is 14.6 Å². The lowest BCUT2D eigenvalue weighted by Gasteiger charge is -1.91. The van der Waals surface area contributed by atoms with Gasteiger partial charge in [0.25, 0.3) is 0 Å². The molecule has 0 aromatic carbocycles. The lowest BCUT2D eigenvalue weighted by Crippen LogP contribution is -1.87. The molecule has 0 N–H and O–H groups in total. The molecule has 2 aromatic rings. The van der Waals surface area contributed by atoms with Gasteiger partial charge in [-0.1, -0.05) is 11.6 Å². The van der Waals surface area contributed by atoms with Crippen molar-refractivity contribution >= 4 is 39.7 Å². The van der Waals surface area contributed by atoms with Gasteiger partial charge in [0.2, 0.25) is 0 Å². The summed E-state index contributed by atoms with van der Waals surface area (Å²) in [7, 11) is 0. The molecule has 0 aliphatic heterocycles. The number of nitrogens with zero attached hydrogens (tertiary/aromatic N) is 3. The fourth-order valence-electron chi connectivity index (χ4n) is 0.831. The summed E-state index contributed by atoms with van der Waals surface area (Å²) in [6.07, 6.45) is 5.16. The number of rotatable bonds is 0. The molecule has 0 unspecified atom stereocenters. The predicted molar refractivity (Wildman–Crippen MR) is 50.7 cm³/mol. The molecule has 2 aromatic heterocycles. The zero-order valence-electron chi connectivity index (χ0n) is 5.33. The van der Waals surface area contributed by atoms with E-state index in [2.05, 4.69) is 32.7 Å². The Morgan fingerprint density at radius 2 is 2.27 bits per heavy atom. The Kier molecular flexibility index (Phi) is 1.72. The van der Waals surface area contributed by atoms with Crippen LogP contribution in [0.4, 0.5) is 0 Å². The van der Waals surface area contributed by atoms with Crippen LogP contribution in [0.25, 0.3) is 5.52 Å². The lowest BCUT2D eigenvalue weighted by molar-refractivity contribution is 0.946. The van der Waals surface area contributed by atoms with E-state index < -0.39 is 0 Å². The largest absolute Gasteiger partial charge is 0.241 e. The van der Waals surface area contributed by atoms with Gasteiger partial charge in [-0.25, -0.2) is 9.50 Å². The van der Waals surface area contributed by atoms with Crippen LogP contribution in [-0.2, 0) is 0 Å². The molecule has 0 radical (unpaired) electrons. The molecule has 56 valence electrons. The fourth-order valence-corrected chi connectivity index (χ4v) is 1.48. The summed E-state index contributed by atoms with van der Waals surface area (Å²) >= 11 is 7.85. The minimum absolute atomic E-state index is 0.456. The van der Waals surface area contributed by atoms with Crippen LogP contribution in [0, 0.1) is 3.57 Å². The van der Waals surface area contributed by atoms with Crippen LogP contribution >= 0.6 is 34.2 Å². The van der Waals surface area contributed by atoms with Gasteiger partial charge < -0.3 is 0 Å². The van der Waals surface area contributed by atoms with Gasteiger partial charge in [0.05, 0.1) is 27.7 Å². The second kappa shape index (κ2) is 2.60. The van der Waals surface area contributed by atoms with E-state index in [1.807, 2.05) is 0 Å². The molecule has 0 bridgehead atoms. The maximum atomic E-state index is 5.65. The van der Waals surface area contributed by atoms with Crippen molar-refractivity contribution in [1.29, 1.82) is 0 Å². The van der Waals surface area contributed by atoms with E-state index in [-0.39, 0.29) is 0 Å². The summed E-state index contributed by atoms with van der Waals surface area (Å²) in [5, 5.41) is 4.52. The van der Waals surface area contributed by atoms with Crippen LogP contribution in [0.15, 0.2) is 18.6 Å². The van der Waals surface area contributed by atoms with E-state index in [1.165, 1.54) is 0 Å². The van der Waals surface area contributed by atoms with Gasteiger partial charge in [-0.05, 0) is 22.6 Å². The molecule has 3 nitrogen and oxygen atoms in total. The average Bonchev–Trinajstić information content (AvgIpc) is 2.32. The smallest absolute Gasteiger partial charge is 0.147 e. The highest BCUT2D eigenvalue weighted by molar-refractivity contribution is 14.1. The Labute approximate surface area is 81.5 Å². The van der Waals surface area contributed by atoms with Crippen LogP contribution in [0.1, 0.15) is 0 Å². The third kappa shape index (κ3) is 1.20. The lowest BCUT2D eigenvalue weighted by atomic mass is 10.5. The van der Waals surface area contributed by atoms with Crippen LogP contribution in [0.2, 0.25) is 5.15 Å². The third-order valence-electron chi connectivity index (χ3n) is 1.33. The second-order valence-electron chi connectivity index (χ2n) is 2.03. The molecule has 0 atom stereocenters. The highest BCUT2D eigenvalue weighted by Gasteiger charge is 2.00. The maximum absolute atomic E-state index is 5.65. The Morgan fingerprint density at radius 3 is 3.09 bits per heavy atom. The molecule has 0 aliphatic carbocycles. The molecule has 0 amide bonds. The number of hydrogen-bond donors (Lipinski definition) is 0. The SMILES string of the molecule is Clc1cn2ncc(I)c2cn1. The molecule has 2 rings (SSSR count). The Hall–Kier alpha value is -0.360. The van der Waals surface area contributed by atoms with Gasteiger partial charge in [-0.15, -0.1) is 0 Å². The van der Waals surface area contributed by atoms with Gasteiger partial charge in [0, 0.05) is 0 Å². The second-order valence-corrected chi connectivity index (χ2v) is 3.58. The third-order valence-corrected chi connectivity index (χ3v) is 2.35. The fraction of sp³-hybridized carbons (Fsp3) is 0. The van der Waals surface area contributed by atoms with E-state index in [0.717, 1.165) is 9.09 Å².